The fourth-order valence-electron chi connectivity index (χ4n) is 3.01. The number of hydrogen-bond acceptors (Lipinski definition) is 4. The number of carbonyl (C=O) groups excluding carboxylic acids is 1. The Hall–Kier alpha value is -1.96. The third-order valence-corrected chi connectivity index (χ3v) is 4.97. The molecule has 3 aromatic heterocycles. The van der Waals surface area contributed by atoms with Gasteiger partial charge in [-0.15, -0.1) is 23.7 Å². The molecule has 1 saturated heterocycles. The van der Waals surface area contributed by atoms with Crippen LogP contribution >= 0.6 is 23.7 Å². The molecule has 126 valence electrons. The maximum Gasteiger partial charge on any atom is 0.281 e. The normalized spacial score (nSPS) is 16.2. The molecule has 2 N–H and O–H groups in total. The van der Waals surface area contributed by atoms with E-state index in [-0.39, 0.29) is 18.3 Å². The van der Waals surface area contributed by atoms with Gasteiger partial charge in [-0.1, -0.05) is 0 Å². The molecule has 0 radical (unpaired) electrons. The summed E-state index contributed by atoms with van der Waals surface area (Å²) in [4.78, 5) is 25.0. The zero-order valence-corrected chi connectivity index (χ0v) is 14.6. The Morgan fingerprint density at radius 3 is 3.04 bits per heavy atom. The summed E-state index contributed by atoms with van der Waals surface area (Å²) in [5.41, 5.74) is 1.28. The number of nitrogens with zero attached hydrogens (tertiary/aromatic N) is 3. The number of amides is 1. The molecule has 0 spiro atoms. The molecule has 3 aromatic rings. The summed E-state index contributed by atoms with van der Waals surface area (Å²) in [5.74, 6) is -0.227. The van der Waals surface area contributed by atoms with E-state index in [2.05, 4.69) is 24.8 Å². The molecule has 6 nitrogen and oxygen atoms in total. The molecule has 0 aliphatic carbocycles. The quantitative estimate of drug-likeness (QED) is 0.734. The topological polar surface area (TPSA) is 75.1 Å². The average Bonchev–Trinajstić information content (AvgIpc) is 3.22. The van der Waals surface area contributed by atoms with Crippen LogP contribution in [0.2, 0.25) is 0 Å². The van der Waals surface area contributed by atoms with Gasteiger partial charge in [-0.2, -0.15) is 4.99 Å². The molecule has 0 atom stereocenters. The van der Waals surface area contributed by atoms with Gasteiger partial charge in [0.1, 0.15) is 5.65 Å². The summed E-state index contributed by atoms with van der Waals surface area (Å²) in [6, 6.07) is 4.13. The van der Waals surface area contributed by atoms with Gasteiger partial charge >= 0.3 is 0 Å². The van der Waals surface area contributed by atoms with Crippen molar-refractivity contribution in [2.45, 2.75) is 18.9 Å². The van der Waals surface area contributed by atoms with Crippen molar-refractivity contribution < 1.29 is 4.79 Å². The van der Waals surface area contributed by atoms with Crippen LogP contribution in [0.3, 0.4) is 0 Å². The minimum atomic E-state index is -0.227. The maximum atomic E-state index is 12.6. The monoisotopic (exact) mass is 363 g/mol. The lowest BCUT2D eigenvalue weighted by Crippen LogP contribution is -2.32. The molecule has 1 aliphatic heterocycles. The molecule has 0 bridgehead atoms. The van der Waals surface area contributed by atoms with Gasteiger partial charge in [0.2, 0.25) is 0 Å². The second-order valence-electron chi connectivity index (χ2n) is 5.59. The van der Waals surface area contributed by atoms with E-state index in [1.807, 2.05) is 23.7 Å². The standard InChI is InChI=1S/C16H17N5OS.ClH/c22-15(13-10-19-14-12(13)2-1-5-18-14)20-16-21(8-9-23-16)11-3-6-17-7-4-11;/h1-2,5,8-11,17H,3-4,6-7H2,(H,18,19);1H/b20-16-;. The first-order valence-electron chi connectivity index (χ1n) is 7.70. The van der Waals surface area contributed by atoms with E-state index in [1.54, 1.807) is 12.4 Å². The van der Waals surface area contributed by atoms with Crippen molar-refractivity contribution >= 4 is 40.7 Å². The van der Waals surface area contributed by atoms with Gasteiger partial charge in [-0.25, -0.2) is 4.98 Å². The van der Waals surface area contributed by atoms with Crippen molar-refractivity contribution in [1.29, 1.82) is 0 Å². The molecule has 1 aliphatic rings. The lowest BCUT2D eigenvalue weighted by Gasteiger charge is -2.23. The predicted molar refractivity (Wildman–Crippen MR) is 96.7 cm³/mol. The van der Waals surface area contributed by atoms with Crippen LogP contribution in [0.4, 0.5) is 0 Å². The molecule has 0 unspecified atom stereocenters. The number of piperidine rings is 1. The summed E-state index contributed by atoms with van der Waals surface area (Å²) < 4.78 is 2.14. The van der Waals surface area contributed by atoms with Crippen molar-refractivity contribution in [2.75, 3.05) is 13.1 Å². The number of fused-ring (bicyclic) bond motifs is 1. The van der Waals surface area contributed by atoms with Gasteiger partial charge in [0.05, 0.1) is 5.56 Å². The molecule has 0 aromatic carbocycles. The highest BCUT2D eigenvalue weighted by molar-refractivity contribution is 7.07. The number of aromatic nitrogens is 3. The van der Waals surface area contributed by atoms with E-state index in [1.165, 1.54) is 11.3 Å². The Morgan fingerprint density at radius 2 is 2.21 bits per heavy atom. The zero-order chi connectivity index (χ0) is 15.6. The lowest BCUT2D eigenvalue weighted by atomic mass is 10.1. The number of H-pyrrole nitrogens is 1. The smallest absolute Gasteiger partial charge is 0.281 e. The summed E-state index contributed by atoms with van der Waals surface area (Å²) >= 11 is 1.50. The zero-order valence-electron chi connectivity index (χ0n) is 12.9. The van der Waals surface area contributed by atoms with Crippen molar-refractivity contribution in [2.24, 2.45) is 4.99 Å². The van der Waals surface area contributed by atoms with Crippen LogP contribution in [-0.2, 0) is 0 Å². The van der Waals surface area contributed by atoms with Gasteiger partial charge in [-0.05, 0) is 38.1 Å². The van der Waals surface area contributed by atoms with E-state index in [0.29, 0.717) is 17.3 Å². The van der Waals surface area contributed by atoms with Crippen LogP contribution in [0.1, 0.15) is 29.2 Å². The Morgan fingerprint density at radius 1 is 1.38 bits per heavy atom. The van der Waals surface area contributed by atoms with E-state index >= 15 is 0 Å². The van der Waals surface area contributed by atoms with Crippen molar-refractivity contribution in [3.05, 3.63) is 46.5 Å². The lowest BCUT2D eigenvalue weighted by molar-refractivity contribution is 0.0999. The van der Waals surface area contributed by atoms with E-state index in [0.717, 1.165) is 36.1 Å². The number of rotatable bonds is 2. The summed E-state index contributed by atoms with van der Waals surface area (Å²) in [5, 5.41) is 6.16. The number of thiazole rings is 1. The van der Waals surface area contributed by atoms with Crippen molar-refractivity contribution in [3.8, 4) is 0 Å². The fraction of sp³-hybridized carbons (Fsp3) is 0.312. The molecule has 8 heteroatoms. The number of nitrogens with one attached hydrogen (secondary N) is 2. The molecular formula is C16H18ClN5OS. The van der Waals surface area contributed by atoms with Crippen LogP contribution in [-0.4, -0.2) is 33.5 Å². The minimum Gasteiger partial charge on any atom is -0.345 e. The Kier molecular flexibility index (Phi) is 5.13. The van der Waals surface area contributed by atoms with E-state index in [9.17, 15) is 4.79 Å². The van der Waals surface area contributed by atoms with Crippen LogP contribution in [0, 0.1) is 0 Å². The molecule has 24 heavy (non-hydrogen) atoms. The molecule has 0 saturated carbocycles. The largest absolute Gasteiger partial charge is 0.345 e. The molecule has 1 fully saturated rings. The third-order valence-electron chi connectivity index (χ3n) is 4.20. The van der Waals surface area contributed by atoms with Gasteiger partial charge in [0.25, 0.3) is 5.91 Å². The van der Waals surface area contributed by atoms with Gasteiger partial charge in [0, 0.05) is 35.4 Å². The van der Waals surface area contributed by atoms with Crippen LogP contribution in [0.5, 0.6) is 0 Å². The number of hydrogen-bond donors (Lipinski definition) is 2. The molecule has 4 heterocycles. The second kappa shape index (κ2) is 7.29. The summed E-state index contributed by atoms with van der Waals surface area (Å²) in [6.07, 6.45) is 7.55. The highest BCUT2D eigenvalue weighted by Gasteiger charge is 2.17. The first-order valence-corrected chi connectivity index (χ1v) is 8.58. The van der Waals surface area contributed by atoms with Crippen molar-refractivity contribution in [1.82, 2.24) is 19.9 Å². The average molecular weight is 364 g/mol. The Bertz CT molecular complexity index is 906. The molecule has 1 amide bonds. The first kappa shape index (κ1) is 16.9. The number of carbonyl (C=O) groups is 1. The van der Waals surface area contributed by atoms with Crippen LogP contribution in [0.15, 0.2) is 41.1 Å². The Labute approximate surface area is 149 Å². The van der Waals surface area contributed by atoms with Gasteiger partial charge < -0.3 is 14.9 Å². The first-order chi connectivity index (χ1) is 11.3. The Balaban J connectivity index is 0.00000169. The highest BCUT2D eigenvalue weighted by Crippen LogP contribution is 2.18. The van der Waals surface area contributed by atoms with Gasteiger partial charge in [-0.3, -0.25) is 4.79 Å². The third kappa shape index (κ3) is 3.15. The molecule has 4 rings (SSSR count). The second-order valence-corrected chi connectivity index (χ2v) is 6.47. The van der Waals surface area contributed by atoms with E-state index < -0.39 is 0 Å². The fourth-order valence-corrected chi connectivity index (χ4v) is 3.79. The summed E-state index contributed by atoms with van der Waals surface area (Å²) in [7, 11) is 0. The number of pyridine rings is 1. The maximum absolute atomic E-state index is 12.6. The minimum absolute atomic E-state index is 0. The molecular weight excluding hydrogens is 346 g/mol. The number of aromatic amines is 1. The summed E-state index contributed by atoms with van der Waals surface area (Å²) in [6.45, 7) is 2.02. The number of halogens is 1. The highest BCUT2D eigenvalue weighted by atomic mass is 35.5. The van der Waals surface area contributed by atoms with Crippen molar-refractivity contribution in [3.63, 3.8) is 0 Å². The van der Waals surface area contributed by atoms with E-state index in [4.69, 9.17) is 0 Å². The SMILES string of the molecule is Cl.O=C(/N=c1\sccn1C1CCNCC1)c1c[nH]c2ncccc12. The van der Waals surface area contributed by atoms with Crippen LogP contribution in [0.25, 0.3) is 11.0 Å². The van der Waals surface area contributed by atoms with Crippen LogP contribution < -0.4 is 10.1 Å². The predicted octanol–water partition coefficient (Wildman–Crippen LogP) is 2.51. The van der Waals surface area contributed by atoms with Gasteiger partial charge in [0.15, 0.2) is 4.80 Å².